The fourth-order valence-corrected chi connectivity index (χ4v) is 3.31. The lowest BCUT2D eigenvalue weighted by Crippen LogP contribution is -2.52. The highest BCUT2D eigenvalue weighted by molar-refractivity contribution is 5.80. The van der Waals surface area contributed by atoms with Crippen LogP contribution in [0.25, 0.3) is 0 Å². The summed E-state index contributed by atoms with van der Waals surface area (Å²) in [6.45, 7) is 12.3. The molecule has 2 aromatic rings. The minimum atomic E-state index is -0.133. The topological polar surface area (TPSA) is 66.1 Å². The fourth-order valence-electron chi connectivity index (χ4n) is 3.31. The van der Waals surface area contributed by atoms with Crippen molar-refractivity contribution in [1.29, 1.82) is 0 Å². The molecule has 158 valence electrons. The highest BCUT2D eigenvalue weighted by Crippen LogP contribution is 2.13. The number of nitrogens with one attached hydrogen (secondary N) is 1. The van der Waals surface area contributed by atoms with Crippen molar-refractivity contribution in [2.75, 3.05) is 33.2 Å². The van der Waals surface area contributed by atoms with Crippen molar-refractivity contribution in [1.82, 2.24) is 20.3 Å². The van der Waals surface area contributed by atoms with E-state index in [4.69, 9.17) is 9.26 Å². The molecule has 1 aliphatic heterocycles. The maximum Gasteiger partial charge on any atom is 0.194 e. The van der Waals surface area contributed by atoms with Crippen LogP contribution in [0.5, 0.6) is 0 Å². The third kappa shape index (κ3) is 6.87. The summed E-state index contributed by atoms with van der Waals surface area (Å²) >= 11 is 0. The normalized spacial score (nSPS) is 16.3. The molecule has 1 N–H and O–H groups in total. The van der Waals surface area contributed by atoms with E-state index in [9.17, 15) is 0 Å². The van der Waals surface area contributed by atoms with Gasteiger partial charge in [0.05, 0.1) is 17.9 Å². The highest BCUT2D eigenvalue weighted by Gasteiger charge is 2.20. The van der Waals surface area contributed by atoms with Crippen LogP contribution in [0.4, 0.5) is 0 Å². The lowest BCUT2D eigenvalue weighted by molar-refractivity contribution is -0.0149. The van der Waals surface area contributed by atoms with Crippen molar-refractivity contribution in [2.24, 2.45) is 4.99 Å². The molecule has 1 aromatic carbocycles. The van der Waals surface area contributed by atoms with Crippen LogP contribution in [-0.4, -0.2) is 59.7 Å². The first kappa shape index (κ1) is 21.3. The van der Waals surface area contributed by atoms with Gasteiger partial charge in [-0.3, -0.25) is 9.89 Å². The first-order valence-corrected chi connectivity index (χ1v) is 10.2. The van der Waals surface area contributed by atoms with Crippen molar-refractivity contribution in [2.45, 2.75) is 46.1 Å². The molecule has 0 amide bonds. The van der Waals surface area contributed by atoms with Crippen LogP contribution in [0.3, 0.4) is 0 Å². The van der Waals surface area contributed by atoms with E-state index >= 15 is 0 Å². The van der Waals surface area contributed by atoms with Crippen LogP contribution >= 0.6 is 0 Å². The number of aliphatic imine (C=N–C) groups is 1. The van der Waals surface area contributed by atoms with E-state index in [-0.39, 0.29) is 5.60 Å². The number of ether oxygens (including phenoxy) is 1. The zero-order chi connectivity index (χ0) is 20.7. The molecular weight excluding hydrogens is 366 g/mol. The quantitative estimate of drug-likeness (QED) is 0.595. The second kappa shape index (κ2) is 9.89. The van der Waals surface area contributed by atoms with Crippen molar-refractivity contribution in [3.63, 3.8) is 0 Å². The SMILES string of the molecule is CN=C(NCc1cccc(COC(C)(C)C)c1)N1CCN(Cc2ccon2)CC1. The average molecular weight is 400 g/mol. The van der Waals surface area contributed by atoms with Gasteiger partial charge in [-0.15, -0.1) is 0 Å². The lowest BCUT2D eigenvalue weighted by Gasteiger charge is -2.36. The molecule has 7 nitrogen and oxygen atoms in total. The zero-order valence-electron chi connectivity index (χ0n) is 18.0. The van der Waals surface area contributed by atoms with Crippen LogP contribution < -0.4 is 5.32 Å². The Morgan fingerprint density at radius 1 is 1.17 bits per heavy atom. The molecule has 0 atom stereocenters. The summed E-state index contributed by atoms with van der Waals surface area (Å²) in [6.07, 6.45) is 1.63. The Morgan fingerprint density at radius 3 is 2.59 bits per heavy atom. The number of nitrogens with zero attached hydrogens (tertiary/aromatic N) is 4. The van der Waals surface area contributed by atoms with Gasteiger partial charge in [0.2, 0.25) is 0 Å². The van der Waals surface area contributed by atoms with Gasteiger partial charge in [-0.2, -0.15) is 0 Å². The average Bonchev–Trinajstić information content (AvgIpc) is 3.21. The Balaban J connectivity index is 1.47. The maximum atomic E-state index is 5.89. The molecule has 0 unspecified atom stereocenters. The third-order valence-electron chi connectivity index (χ3n) is 4.87. The largest absolute Gasteiger partial charge is 0.371 e. The van der Waals surface area contributed by atoms with Gasteiger partial charge in [0.15, 0.2) is 5.96 Å². The molecule has 0 radical (unpaired) electrons. The van der Waals surface area contributed by atoms with Gasteiger partial charge in [-0.1, -0.05) is 29.4 Å². The van der Waals surface area contributed by atoms with Gasteiger partial charge in [-0.05, 0) is 31.9 Å². The van der Waals surface area contributed by atoms with Gasteiger partial charge >= 0.3 is 0 Å². The number of guanidine groups is 1. The minimum absolute atomic E-state index is 0.133. The van der Waals surface area contributed by atoms with Crippen LogP contribution in [0.2, 0.25) is 0 Å². The summed E-state index contributed by atoms with van der Waals surface area (Å²) in [7, 11) is 1.84. The molecule has 29 heavy (non-hydrogen) atoms. The molecule has 3 rings (SSSR count). The van der Waals surface area contributed by atoms with Crippen molar-refractivity contribution in [3.8, 4) is 0 Å². The maximum absolute atomic E-state index is 5.89. The molecule has 0 saturated carbocycles. The number of rotatable bonds is 6. The van der Waals surface area contributed by atoms with E-state index in [2.05, 4.69) is 70.3 Å². The van der Waals surface area contributed by atoms with Gasteiger partial charge in [0.1, 0.15) is 6.26 Å². The Labute approximate surface area is 173 Å². The second-order valence-electron chi connectivity index (χ2n) is 8.38. The monoisotopic (exact) mass is 399 g/mol. The summed E-state index contributed by atoms with van der Waals surface area (Å²) in [5.41, 5.74) is 3.27. The number of piperazine rings is 1. The van der Waals surface area contributed by atoms with Gasteiger partial charge in [-0.25, -0.2) is 0 Å². The van der Waals surface area contributed by atoms with E-state index in [0.29, 0.717) is 6.61 Å². The summed E-state index contributed by atoms with van der Waals surface area (Å²) in [6, 6.07) is 10.5. The van der Waals surface area contributed by atoms with Crippen molar-refractivity contribution in [3.05, 3.63) is 53.4 Å². The third-order valence-corrected chi connectivity index (χ3v) is 4.87. The number of hydrogen-bond acceptors (Lipinski definition) is 5. The standard InChI is InChI=1S/C22H33N5O2/c1-22(2,3)28-17-19-7-5-6-18(14-19)15-24-21(23-4)27-11-9-26(10-12-27)16-20-8-13-29-25-20/h5-8,13-14H,9-12,15-17H2,1-4H3,(H,23,24). The Morgan fingerprint density at radius 2 is 1.93 bits per heavy atom. The molecule has 0 bridgehead atoms. The zero-order valence-corrected chi connectivity index (χ0v) is 18.0. The smallest absolute Gasteiger partial charge is 0.194 e. The summed E-state index contributed by atoms with van der Waals surface area (Å²) in [4.78, 5) is 9.18. The van der Waals surface area contributed by atoms with Crippen LogP contribution in [0, 0.1) is 0 Å². The number of hydrogen-bond donors (Lipinski definition) is 1. The Bertz CT molecular complexity index is 775. The molecule has 1 saturated heterocycles. The second-order valence-corrected chi connectivity index (χ2v) is 8.38. The molecule has 0 spiro atoms. The molecule has 1 aromatic heterocycles. The number of benzene rings is 1. The van der Waals surface area contributed by atoms with E-state index in [1.54, 1.807) is 6.26 Å². The lowest BCUT2D eigenvalue weighted by atomic mass is 10.1. The Hall–Kier alpha value is -2.38. The molecule has 1 aliphatic rings. The minimum Gasteiger partial charge on any atom is -0.371 e. The van der Waals surface area contributed by atoms with Gasteiger partial charge in [0.25, 0.3) is 0 Å². The van der Waals surface area contributed by atoms with Crippen LogP contribution in [-0.2, 0) is 24.4 Å². The predicted octanol–water partition coefficient (Wildman–Crippen LogP) is 2.88. The van der Waals surface area contributed by atoms with Crippen LogP contribution in [0.15, 0.2) is 46.1 Å². The van der Waals surface area contributed by atoms with E-state index in [1.807, 2.05) is 13.1 Å². The summed E-state index contributed by atoms with van der Waals surface area (Å²) in [5, 5.41) is 7.51. The predicted molar refractivity (Wildman–Crippen MR) is 115 cm³/mol. The first-order chi connectivity index (χ1) is 13.9. The molecule has 7 heteroatoms. The summed E-state index contributed by atoms with van der Waals surface area (Å²) < 4.78 is 10.8. The van der Waals surface area contributed by atoms with Gasteiger partial charge < -0.3 is 19.5 Å². The highest BCUT2D eigenvalue weighted by atomic mass is 16.5. The molecular formula is C22H33N5O2. The number of aromatic nitrogens is 1. The van der Waals surface area contributed by atoms with Crippen molar-refractivity contribution >= 4 is 5.96 Å². The van der Waals surface area contributed by atoms with E-state index < -0.39 is 0 Å². The molecule has 1 fully saturated rings. The van der Waals surface area contributed by atoms with E-state index in [1.165, 1.54) is 11.1 Å². The van der Waals surface area contributed by atoms with Gasteiger partial charge in [0, 0.05) is 52.4 Å². The molecule has 0 aliphatic carbocycles. The summed E-state index contributed by atoms with van der Waals surface area (Å²) in [5.74, 6) is 0.947. The van der Waals surface area contributed by atoms with Crippen molar-refractivity contribution < 1.29 is 9.26 Å². The van der Waals surface area contributed by atoms with E-state index in [0.717, 1.165) is 50.9 Å². The molecule has 2 heterocycles. The van der Waals surface area contributed by atoms with Crippen LogP contribution in [0.1, 0.15) is 37.6 Å². The Kier molecular flexibility index (Phi) is 7.28. The first-order valence-electron chi connectivity index (χ1n) is 10.2. The fraction of sp³-hybridized carbons (Fsp3) is 0.545.